The molecule has 2 heteroatoms. The molecule has 0 radical (unpaired) electrons. The van der Waals surface area contributed by atoms with Gasteiger partial charge in [-0.15, -0.1) is 11.3 Å². The summed E-state index contributed by atoms with van der Waals surface area (Å²) < 4.78 is 0. The highest BCUT2D eigenvalue weighted by atomic mass is 32.1. The second-order valence-electron chi connectivity index (χ2n) is 5.90. The molecule has 21 heavy (non-hydrogen) atoms. The van der Waals surface area contributed by atoms with Crippen molar-refractivity contribution in [1.82, 2.24) is 4.98 Å². The van der Waals surface area contributed by atoms with Crippen LogP contribution in [0.3, 0.4) is 0 Å². The van der Waals surface area contributed by atoms with E-state index >= 15 is 0 Å². The number of thiophene rings is 1. The van der Waals surface area contributed by atoms with Crippen LogP contribution in [-0.4, -0.2) is 4.98 Å². The van der Waals surface area contributed by atoms with Crippen LogP contribution in [0.25, 0.3) is 21.7 Å². The van der Waals surface area contributed by atoms with Gasteiger partial charge in [-0.05, 0) is 53.0 Å². The summed E-state index contributed by atoms with van der Waals surface area (Å²) in [4.78, 5) is 6.42. The van der Waals surface area contributed by atoms with Gasteiger partial charge in [0, 0.05) is 12.0 Å². The first-order valence-electron chi connectivity index (χ1n) is 7.58. The van der Waals surface area contributed by atoms with Gasteiger partial charge in [-0.1, -0.05) is 30.3 Å². The molecule has 2 aromatic heterocycles. The minimum Gasteiger partial charge on any atom is -0.251 e. The average Bonchev–Trinajstić information content (AvgIpc) is 3.24. The Bertz CT molecular complexity index is 846. The molecule has 0 spiro atoms. The maximum Gasteiger partial charge on any atom is 0.0840 e. The molecule has 0 bridgehead atoms. The lowest BCUT2D eigenvalue weighted by Crippen LogP contribution is -1.98. The van der Waals surface area contributed by atoms with Gasteiger partial charge in [-0.25, -0.2) is 0 Å². The highest BCUT2D eigenvalue weighted by Crippen LogP contribution is 2.45. The van der Waals surface area contributed by atoms with Gasteiger partial charge in [0.2, 0.25) is 0 Å². The highest BCUT2D eigenvalue weighted by Gasteiger charge is 2.29. The normalized spacial score (nSPS) is 14.9. The number of fused-ring (bicyclic) bond motifs is 5. The lowest BCUT2D eigenvalue weighted by atomic mass is 9.97. The van der Waals surface area contributed by atoms with Crippen molar-refractivity contribution in [3.63, 3.8) is 0 Å². The Morgan fingerprint density at radius 3 is 2.76 bits per heavy atom. The summed E-state index contributed by atoms with van der Waals surface area (Å²) in [5, 5.41) is 2.15. The lowest BCUT2D eigenvalue weighted by molar-refractivity contribution is 0.912. The molecule has 0 N–H and O–H groups in total. The van der Waals surface area contributed by atoms with Gasteiger partial charge >= 0.3 is 0 Å². The Balaban J connectivity index is 1.82. The van der Waals surface area contributed by atoms with E-state index in [0.29, 0.717) is 0 Å². The van der Waals surface area contributed by atoms with E-state index in [0.717, 1.165) is 6.42 Å². The lowest BCUT2D eigenvalue weighted by Gasteiger charge is -2.12. The van der Waals surface area contributed by atoms with Crippen LogP contribution in [0, 0.1) is 0 Å². The van der Waals surface area contributed by atoms with Crippen molar-refractivity contribution < 1.29 is 0 Å². The van der Waals surface area contributed by atoms with Crippen molar-refractivity contribution in [2.24, 2.45) is 0 Å². The second-order valence-corrected chi connectivity index (χ2v) is 6.85. The molecule has 0 saturated heterocycles. The molecule has 0 fully saturated rings. The zero-order valence-electron chi connectivity index (χ0n) is 11.7. The standard InChI is InChI=1S/C19H15NS/c1-2-6-13-12(5-1)11-16-18(13)14-7-3-8-15(14)19(20-16)17-9-4-10-21-17/h1-2,4-6,9-10H,3,7-8,11H2. The molecule has 5 rings (SSSR count). The van der Waals surface area contributed by atoms with E-state index in [2.05, 4.69) is 41.8 Å². The first kappa shape index (κ1) is 11.7. The summed E-state index contributed by atoms with van der Waals surface area (Å²) in [5.74, 6) is 0. The number of rotatable bonds is 1. The maximum absolute atomic E-state index is 5.09. The van der Waals surface area contributed by atoms with Crippen LogP contribution in [0.15, 0.2) is 41.8 Å². The molecule has 2 aliphatic rings. The second kappa shape index (κ2) is 4.28. The molecule has 1 nitrogen and oxygen atoms in total. The number of nitrogens with zero attached hydrogens (tertiary/aromatic N) is 1. The quantitative estimate of drug-likeness (QED) is 0.487. The van der Waals surface area contributed by atoms with Crippen LogP contribution < -0.4 is 0 Å². The fraction of sp³-hybridized carbons (Fsp3) is 0.211. The molecule has 0 unspecified atom stereocenters. The molecule has 3 aromatic rings. The van der Waals surface area contributed by atoms with Gasteiger partial charge in [-0.2, -0.15) is 0 Å². The first-order valence-corrected chi connectivity index (χ1v) is 8.46. The zero-order chi connectivity index (χ0) is 13.8. The van der Waals surface area contributed by atoms with Gasteiger partial charge < -0.3 is 0 Å². The number of hydrogen-bond acceptors (Lipinski definition) is 2. The van der Waals surface area contributed by atoms with Gasteiger partial charge in [-0.3, -0.25) is 4.98 Å². The average molecular weight is 289 g/mol. The molecule has 102 valence electrons. The Kier molecular flexibility index (Phi) is 2.39. The van der Waals surface area contributed by atoms with Crippen LogP contribution in [0.4, 0.5) is 0 Å². The SMILES string of the molecule is c1csc(-c2nc3c(c4c2CCC4)-c2ccccc2C3)c1. The van der Waals surface area contributed by atoms with E-state index in [1.807, 2.05) is 11.3 Å². The van der Waals surface area contributed by atoms with Crippen LogP contribution in [0.5, 0.6) is 0 Å². The molecular formula is C19H15NS. The third-order valence-corrected chi connectivity index (χ3v) is 5.62. The zero-order valence-corrected chi connectivity index (χ0v) is 12.5. The molecule has 0 aliphatic heterocycles. The van der Waals surface area contributed by atoms with Gasteiger partial charge in [0.25, 0.3) is 0 Å². The molecule has 1 aromatic carbocycles. The monoisotopic (exact) mass is 289 g/mol. The molecule has 0 amide bonds. The van der Waals surface area contributed by atoms with Gasteiger partial charge in [0.15, 0.2) is 0 Å². The van der Waals surface area contributed by atoms with E-state index in [1.165, 1.54) is 57.8 Å². The minimum absolute atomic E-state index is 0.997. The maximum atomic E-state index is 5.09. The fourth-order valence-corrected chi connectivity index (χ4v) is 4.62. The third-order valence-electron chi connectivity index (χ3n) is 4.74. The van der Waals surface area contributed by atoms with Crippen molar-refractivity contribution in [1.29, 1.82) is 0 Å². The van der Waals surface area contributed by atoms with E-state index in [9.17, 15) is 0 Å². The Hall–Kier alpha value is -1.93. The van der Waals surface area contributed by atoms with Gasteiger partial charge in [0.05, 0.1) is 16.3 Å². The fourth-order valence-electron chi connectivity index (χ4n) is 3.88. The van der Waals surface area contributed by atoms with Crippen LogP contribution >= 0.6 is 11.3 Å². The van der Waals surface area contributed by atoms with Crippen molar-refractivity contribution >= 4 is 11.3 Å². The van der Waals surface area contributed by atoms with E-state index in [4.69, 9.17) is 4.98 Å². The van der Waals surface area contributed by atoms with Crippen LogP contribution in [-0.2, 0) is 19.3 Å². The van der Waals surface area contributed by atoms with Gasteiger partial charge in [0.1, 0.15) is 0 Å². The number of aromatic nitrogens is 1. The summed E-state index contributed by atoms with van der Waals surface area (Å²) in [5.41, 5.74) is 9.96. The van der Waals surface area contributed by atoms with Crippen LogP contribution in [0.2, 0.25) is 0 Å². The van der Waals surface area contributed by atoms with Crippen LogP contribution in [0.1, 0.15) is 28.8 Å². The third kappa shape index (κ3) is 1.60. The molecule has 2 aliphatic carbocycles. The number of benzene rings is 1. The summed E-state index contributed by atoms with van der Waals surface area (Å²) in [7, 11) is 0. The minimum atomic E-state index is 0.997. The topological polar surface area (TPSA) is 12.9 Å². The molecule has 0 atom stereocenters. The molecule has 2 heterocycles. The smallest absolute Gasteiger partial charge is 0.0840 e. The predicted molar refractivity (Wildman–Crippen MR) is 87.8 cm³/mol. The van der Waals surface area contributed by atoms with Crippen molar-refractivity contribution in [2.75, 3.05) is 0 Å². The predicted octanol–water partition coefficient (Wildman–Crippen LogP) is 4.87. The van der Waals surface area contributed by atoms with Crippen molar-refractivity contribution in [2.45, 2.75) is 25.7 Å². The first-order chi connectivity index (χ1) is 10.4. The Morgan fingerprint density at radius 1 is 0.952 bits per heavy atom. The molecular weight excluding hydrogens is 274 g/mol. The summed E-state index contributed by atoms with van der Waals surface area (Å²) >= 11 is 1.81. The summed E-state index contributed by atoms with van der Waals surface area (Å²) in [6, 6.07) is 13.2. The van der Waals surface area contributed by atoms with Crippen molar-refractivity contribution in [3.05, 3.63) is 64.2 Å². The number of pyridine rings is 1. The van der Waals surface area contributed by atoms with E-state index in [-0.39, 0.29) is 0 Å². The van der Waals surface area contributed by atoms with E-state index in [1.54, 1.807) is 5.56 Å². The summed E-state index contributed by atoms with van der Waals surface area (Å²) in [6.07, 6.45) is 4.67. The Morgan fingerprint density at radius 2 is 1.86 bits per heavy atom. The molecule has 0 saturated carbocycles. The summed E-state index contributed by atoms with van der Waals surface area (Å²) in [6.45, 7) is 0. The number of hydrogen-bond donors (Lipinski definition) is 0. The largest absolute Gasteiger partial charge is 0.251 e. The van der Waals surface area contributed by atoms with Crippen molar-refractivity contribution in [3.8, 4) is 21.7 Å². The highest BCUT2D eigenvalue weighted by molar-refractivity contribution is 7.13. The van der Waals surface area contributed by atoms with E-state index < -0.39 is 0 Å². The Labute approximate surface area is 128 Å².